The lowest BCUT2D eigenvalue weighted by Crippen LogP contribution is -2.21. The van der Waals surface area contributed by atoms with Crippen LogP contribution in [0.15, 0.2) is 0 Å². The van der Waals surface area contributed by atoms with Crippen molar-refractivity contribution in [3.8, 4) is 0 Å². The summed E-state index contributed by atoms with van der Waals surface area (Å²) in [5.74, 6) is 0. The van der Waals surface area contributed by atoms with Crippen LogP contribution in [-0.2, 0) is 0 Å². The standard InChI is InChI=1S/C7H15BSi/c1-7(8)9-5-3-2-4-6-9/h7,9H,2-6H2,1H3. The Morgan fingerprint density at radius 2 is 1.78 bits per heavy atom. The maximum atomic E-state index is 5.83. The molecule has 0 bridgehead atoms. The maximum Gasteiger partial charge on any atom is 0.0651 e. The minimum absolute atomic E-state index is 0.422. The summed E-state index contributed by atoms with van der Waals surface area (Å²) in [6, 6.07) is 3.02. The van der Waals surface area contributed by atoms with E-state index in [0.29, 0.717) is 5.44 Å². The normalized spacial score (nSPS) is 25.9. The van der Waals surface area contributed by atoms with E-state index in [2.05, 4.69) is 6.92 Å². The second kappa shape index (κ2) is 3.45. The molecule has 0 aliphatic carbocycles. The van der Waals surface area contributed by atoms with Crippen LogP contribution in [0.2, 0.25) is 17.5 Å². The largest absolute Gasteiger partial charge is 0.0860 e. The van der Waals surface area contributed by atoms with E-state index in [1.165, 1.54) is 31.4 Å². The zero-order chi connectivity index (χ0) is 6.69. The molecule has 0 spiro atoms. The van der Waals surface area contributed by atoms with Gasteiger partial charge in [0, 0.05) is 8.80 Å². The second-order valence-electron chi connectivity index (χ2n) is 3.26. The van der Waals surface area contributed by atoms with Gasteiger partial charge in [-0.1, -0.05) is 43.7 Å². The van der Waals surface area contributed by atoms with Crippen LogP contribution in [0.25, 0.3) is 0 Å². The van der Waals surface area contributed by atoms with Crippen molar-refractivity contribution in [2.45, 2.75) is 43.7 Å². The Morgan fingerprint density at radius 1 is 1.22 bits per heavy atom. The summed E-state index contributed by atoms with van der Waals surface area (Å²) in [7, 11) is 5.41. The Hall–Kier alpha value is 0.282. The third kappa shape index (κ3) is 2.17. The molecule has 0 amide bonds. The van der Waals surface area contributed by atoms with Gasteiger partial charge in [-0.2, -0.15) is 0 Å². The number of hydrogen-bond acceptors (Lipinski definition) is 0. The molecule has 1 saturated heterocycles. The third-order valence-electron chi connectivity index (χ3n) is 2.39. The lowest BCUT2D eigenvalue weighted by Gasteiger charge is -2.23. The van der Waals surface area contributed by atoms with E-state index >= 15 is 0 Å². The summed E-state index contributed by atoms with van der Waals surface area (Å²) >= 11 is 0. The molecular weight excluding hydrogens is 123 g/mol. The zero-order valence-electron chi connectivity index (χ0n) is 6.27. The highest BCUT2D eigenvalue weighted by molar-refractivity contribution is 6.67. The van der Waals surface area contributed by atoms with E-state index in [1.54, 1.807) is 0 Å². The molecule has 1 aliphatic heterocycles. The quantitative estimate of drug-likeness (QED) is 0.485. The molecular formula is C7H15BSi. The first kappa shape index (κ1) is 7.39. The van der Waals surface area contributed by atoms with Crippen LogP contribution in [0.5, 0.6) is 0 Å². The molecule has 0 nitrogen and oxygen atoms in total. The number of rotatable bonds is 1. The maximum absolute atomic E-state index is 5.83. The van der Waals surface area contributed by atoms with Gasteiger partial charge in [0.2, 0.25) is 0 Å². The smallest absolute Gasteiger partial charge is 0.0651 e. The van der Waals surface area contributed by atoms with Gasteiger partial charge in [0.05, 0.1) is 7.85 Å². The molecule has 0 N–H and O–H groups in total. The van der Waals surface area contributed by atoms with Crippen molar-refractivity contribution in [2.75, 3.05) is 0 Å². The zero-order valence-corrected chi connectivity index (χ0v) is 7.42. The Morgan fingerprint density at radius 3 is 2.11 bits per heavy atom. The molecule has 1 rings (SSSR count). The molecule has 1 atom stereocenters. The van der Waals surface area contributed by atoms with Gasteiger partial charge in [0.25, 0.3) is 0 Å². The average Bonchev–Trinajstić information content (AvgIpc) is 1.90. The molecule has 0 aromatic rings. The van der Waals surface area contributed by atoms with Gasteiger partial charge < -0.3 is 0 Å². The van der Waals surface area contributed by atoms with Gasteiger partial charge in [-0.25, -0.2) is 0 Å². The van der Waals surface area contributed by atoms with Crippen LogP contribution >= 0.6 is 0 Å². The Balaban J connectivity index is 2.23. The molecule has 1 heterocycles. The molecule has 2 heteroatoms. The van der Waals surface area contributed by atoms with Crippen LogP contribution in [0.4, 0.5) is 0 Å². The van der Waals surface area contributed by atoms with Gasteiger partial charge in [0.1, 0.15) is 0 Å². The van der Waals surface area contributed by atoms with Gasteiger partial charge in [0.15, 0.2) is 0 Å². The molecule has 1 fully saturated rings. The molecule has 50 valence electrons. The fourth-order valence-corrected chi connectivity index (χ4v) is 4.63. The summed E-state index contributed by atoms with van der Waals surface area (Å²) in [6.45, 7) is 2.20. The van der Waals surface area contributed by atoms with Crippen LogP contribution in [0, 0.1) is 0 Å². The fraction of sp³-hybridized carbons (Fsp3) is 1.00. The lowest BCUT2D eigenvalue weighted by molar-refractivity contribution is 0.718. The molecule has 0 saturated carbocycles. The predicted molar refractivity (Wildman–Crippen MR) is 45.8 cm³/mol. The van der Waals surface area contributed by atoms with Crippen molar-refractivity contribution in [1.82, 2.24) is 0 Å². The lowest BCUT2D eigenvalue weighted by atomic mass is 10.1. The topological polar surface area (TPSA) is 0 Å². The van der Waals surface area contributed by atoms with Crippen molar-refractivity contribution in [3.05, 3.63) is 0 Å². The molecule has 0 aromatic carbocycles. The highest BCUT2D eigenvalue weighted by Crippen LogP contribution is 2.24. The molecule has 2 radical (unpaired) electrons. The van der Waals surface area contributed by atoms with Crippen LogP contribution in [0.3, 0.4) is 0 Å². The highest BCUT2D eigenvalue weighted by Gasteiger charge is 2.16. The van der Waals surface area contributed by atoms with Crippen LogP contribution < -0.4 is 0 Å². The minimum Gasteiger partial charge on any atom is -0.0860 e. The van der Waals surface area contributed by atoms with Gasteiger partial charge in [-0.15, -0.1) is 0 Å². The first-order chi connectivity index (χ1) is 4.30. The van der Waals surface area contributed by atoms with E-state index in [0.717, 1.165) is 0 Å². The Labute approximate surface area is 61.1 Å². The monoisotopic (exact) mass is 138 g/mol. The summed E-state index contributed by atoms with van der Waals surface area (Å²) in [5, 5.41) is 0. The Bertz CT molecular complexity index is 77.0. The van der Waals surface area contributed by atoms with Crippen molar-refractivity contribution in [3.63, 3.8) is 0 Å². The average molecular weight is 138 g/mol. The predicted octanol–water partition coefficient (Wildman–Crippen LogP) is 1.91. The van der Waals surface area contributed by atoms with Crippen LogP contribution in [0.1, 0.15) is 26.2 Å². The first-order valence-electron chi connectivity index (χ1n) is 4.06. The van der Waals surface area contributed by atoms with E-state index in [9.17, 15) is 0 Å². The van der Waals surface area contributed by atoms with Gasteiger partial charge in [-0.3, -0.25) is 0 Å². The third-order valence-corrected chi connectivity index (χ3v) is 6.18. The van der Waals surface area contributed by atoms with Crippen molar-refractivity contribution < 1.29 is 0 Å². The number of hydrogen-bond donors (Lipinski definition) is 0. The molecule has 9 heavy (non-hydrogen) atoms. The second-order valence-corrected chi connectivity index (χ2v) is 6.98. The molecule has 0 aromatic heterocycles. The summed E-state index contributed by atoms with van der Waals surface area (Å²) in [4.78, 5) is 0. The van der Waals surface area contributed by atoms with E-state index in [-0.39, 0.29) is 0 Å². The summed E-state index contributed by atoms with van der Waals surface area (Å²) in [5.41, 5.74) is 0.574. The van der Waals surface area contributed by atoms with Crippen LogP contribution in [-0.4, -0.2) is 16.6 Å². The van der Waals surface area contributed by atoms with Crippen molar-refractivity contribution in [2.24, 2.45) is 0 Å². The van der Waals surface area contributed by atoms with E-state index in [1.807, 2.05) is 0 Å². The van der Waals surface area contributed by atoms with E-state index < -0.39 is 8.80 Å². The van der Waals surface area contributed by atoms with Gasteiger partial charge >= 0.3 is 0 Å². The van der Waals surface area contributed by atoms with Crippen molar-refractivity contribution in [1.29, 1.82) is 0 Å². The Kier molecular flexibility index (Phi) is 2.83. The molecule has 1 unspecified atom stereocenters. The SMILES string of the molecule is [B]C(C)[SiH]1CCCCC1. The summed E-state index contributed by atoms with van der Waals surface area (Å²) in [6.07, 6.45) is 4.41. The van der Waals surface area contributed by atoms with Gasteiger partial charge in [-0.05, 0) is 0 Å². The van der Waals surface area contributed by atoms with E-state index in [4.69, 9.17) is 7.85 Å². The minimum atomic E-state index is -0.422. The molecule has 1 aliphatic rings. The van der Waals surface area contributed by atoms with Crippen molar-refractivity contribution >= 4 is 16.6 Å². The first-order valence-corrected chi connectivity index (χ1v) is 6.36. The highest BCUT2D eigenvalue weighted by atomic mass is 28.3. The summed E-state index contributed by atoms with van der Waals surface area (Å²) < 4.78 is 0. The fourth-order valence-electron chi connectivity index (χ4n) is 1.66.